The van der Waals surface area contributed by atoms with Crippen molar-refractivity contribution in [3.05, 3.63) is 41.3 Å². The molecule has 19 heavy (non-hydrogen) atoms. The molecule has 0 atom stereocenters. The number of amides is 1. The predicted octanol–water partition coefficient (Wildman–Crippen LogP) is 2.30. The summed E-state index contributed by atoms with van der Waals surface area (Å²) in [5, 5.41) is 2.78. The van der Waals surface area contributed by atoms with Gasteiger partial charge >= 0.3 is 0 Å². The molecule has 2 rings (SSSR count). The minimum absolute atomic E-state index is 0.111. The van der Waals surface area contributed by atoms with Crippen molar-refractivity contribution in [1.82, 2.24) is 19.9 Å². The van der Waals surface area contributed by atoms with E-state index in [2.05, 4.69) is 25.3 Å². The molecule has 98 valence electrons. The first-order valence-electron chi connectivity index (χ1n) is 5.67. The van der Waals surface area contributed by atoms with Gasteiger partial charge in [-0.05, 0) is 0 Å². The third-order valence-electron chi connectivity index (χ3n) is 2.30. The molecule has 2 aromatic heterocycles. The molecule has 2 aromatic rings. The van der Waals surface area contributed by atoms with Crippen molar-refractivity contribution >= 4 is 23.3 Å². The molecular formula is C12H12ClN5O. The highest BCUT2D eigenvalue weighted by molar-refractivity contribution is 6.33. The van der Waals surface area contributed by atoms with Gasteiger partial charge in [-0.15, -0.1) is 0 Å². The monoisotopic (exact) mass is 277 g/mol. The average molecular weight is 278 g/mol. The van der Waals surface area contributed by atoms with E-state index in [1.54, 1.807) is 0 Å². The maximum Gasteiger partial charge on any atom is 0.277 e. The van der Waals surface area contributed by atoms with Crippen molar-refractivity contribution in [3.8, 4) is 0 Å². The Morgan fingerprint density at radius 3 is 2.68 bits per heavy atom. The molecule has 6 nitrogen and oxygen atoms in total. The van der Waals surface area contributed by atoms with Crippen LogP contribution in [-0.2, 0) is 0 Å². The van der Waals surface area contributed by atoms with Crippen molar-refractivity contribution in [3.63, 3.8) is 0 Å². The molecule has 0 aliphatic heterocycles. The maximum absolute atomic E-state index is 12.1. The van der Waals surface area contributed by atoms with E-state index in [-0.39, 0.29) is 16.6 Å². The first-order valence-corrected chi connectivity index (χ1v) is 6.05. The second-order valence-electron chi connectivity index (χ2n) is 4.12. The van der Waals surface area contributed by atoms with Gasteiger partial charge in [0.2, 0.25) is 0 Å². The van der Waals surface area contributed by atoms with Crippen LogP contribution in [0.5, 0.6) is 0 Å². The molecule has 1 amide bonds. The molecule has 7 heteroatoms. The van der Waals surface area contributed by atoms with Gasteiger partial charge < -0.3 is 5.32 Å². The van der Waals surface area contributed by atoms with Crippen molar-refractivity contribution in [2.24, 2.45) is 0 Å². The van der Waals surface area contributed by atoms with Gasteiger partial charge in [0.1, 0.15) is 5.82 Å². The lowest BCUT2D eigenvalue weighted by molar-refractivity contribution is 0.102. The molecule has 0 fully saturated rings. The number of halogens is 1. The molecule has 0 bridgehead atoms. The van der Waals surface area contributed by atoms with E-state index in [0.29, 0.717) is 11.6 Å². The van der Waals surface area contributed by atoms with Gasteiger partial charge in [-0.2, -0.15) is 0 Å². The Morgan fingerprint density at radius 2 is 2.05 bits per heavy atom. The van der Waals surface area contributed by atoms with Gasteiger partial charge in [-0.3, -0.25) is 9.78 Å². The van der Waals surface area contributed by atoms with E-state index in [1.807, 2.05) is 13.8 Å². The average Bonchev–Trinajstić information content (AvgIpc) is 2.40. The number of carbonyl (C=O) groups excluding carboxylic acids is 1. The highest BCUT2D eigenvalue weighted by Gasteiger charge is 2.16. The Labute approximate surface area is 115 Å². The smallest absolute Gasteiger partial charge is 0.277 e. The van der Waals surface area contributed by atoms with Crippen LogP contribution in [0.15, 0.2) is 24.8 Å². The molecule has 0 saturated carbocycles. The summed E-state index contributed by atoms with van der Waals surface area (Å²) < 4.78 is 0. The Hall–Kier alpha value is -2.08. The Kier molecular flexibility index (Phi) is 4.01. The van der Waals surface area contributed by atoms with Crippen LogP contribution >= 0.6 is 11.6 Å². The highest BCUT2D eigenvalue weighted by atomic mass is 35.5. The van der Waals surface area contributed by atoms with Gasteiger partial charge in [0, 0.05) is 18.3 Å². The van der Waals surface area contributed by atoms with Crippen molar-refractivity contribution in [2.45, 2.75) is 19.8 Å². The number of nitrogens with zero attached hydrogens (tertiary/aromatic N) is 4. The number of nitrogens with one attached hydrogen (secondary N) is 1. The largest absolute Gasteiger partial charge is 0.304 e. The van der Waals surface area contributed by atoms with E-state index in [0.717, 1.165) is 0 Å². The SMILES string of the molecule is CC(C)c1ncc(Cl)c(C(=O)Nc2cnccn2)n1. The van der Waals surface area contributed by atoms with Gasteiger partial charge in [0.15, 0.2) is 11.5 Å². The number of rotatable bonds is 3. The lowest BCUT2D eigenvalue weighted by atomic mass is 10.2. The summed E-state index contributed by atoms with van der Waals surface area (Å²) in [4.78, 5) is 28.1. The first-order chi connectivity index (χ1) is 9.08. The Morgan fingerprint density at radius 1 is 1.26 bits per heavy atom. The zero-order valence-corrected chi connectivity index (χ0v) is 11.2. The summed E-state index contributed by atoms with van der Waals surface area (Å²) in [5.41, 5.74) is 0.131. The molecule has 0 spiro atoms. The Balaban J connectivity index is 2.26. The summed E-state index contributed by atoms with van der Waals surface area (Å²) in [6.07, 6.45) is 5.87. The van der Waals surface area contributed by atoms with Crippen LogP contribution in [0.25, 0.3) is 0 Å². The fourth-order valence-corrected chi connectivity index (χ4v) is 1.53. The molecular weight excluding hydrogens is 266 g/mol. The second-order valence-corrected chi connectivity index (χ2v) is 4.53. The summed E-state index contributed by atoms with van der Waals surface area (Å²) in [7, 11) is 0. The van der Waals surface area contributed by atoms with Gasteiger partial charge in [-0.1, -0.05) is 25.4 Å². The molecule has 0 aliphatic carbocycles. The summed E-state index contributed by atoms with van der Waals surface area (Å²) in [6, 6.07) is 0. The molecule has 0 aromatic carbocycles. The summed E-state index contributed by atoms with van der Waals surface area (Å²) in [6.45, 7) is 3.88. The van der Waals surface area contributed by atoms with Crippen LogP contribution < -0.4 is 5.32 Å². The van der Waals surface area contributed by atoms with Gasteiger partial charge in [-0.25, -0.2) is 15.0 Å². The fourth-order valence-electron chi connectivity index (χ4n) is 1.36. The lowest BCUT2D eigenvalue weighted by Crippen LogP contribution is -2.17. The van der Waals surface area contributed by atoms with E-state index in [9.17, 15) is 4.79 Å². The topological polar surface area (TPSA) is 80.7 Å². The standard InChI is InChI=1S/C12H12ClN5O/c1-7(2)11-16-5-8(13)10(18-11)12(19)17-9-6-14-3-4-15-9/h3-7H,1-2H3,(H,15,17,19). The summed E-state index contributed by atoms with van der Waals surface area (Å²) >= 11 is 5.94. The third-order valence-corrected chi connectivity index (χ3v) is 2.58. The van der Waals surface area contributed by atoms with Crippen LogP contribution in [0.3, 0.4) is 0 Å². The van der Waals surface area contributed by atoms with E-state index >= 15 is 0 Å². The molecule has 0 radical (unpaired) electrons. The molecule has 0 aliphatic rings. The van der Waals surface area contributed by atoms with Crippen LogP contribution in [0, 0.1) is 0 Å². The molecule has 0 saturated heterocycles. The lowest BCUT2D eigenvalue weighted by Gasteiger charge is -2.08. The number of aromatic nitrogens is 4. The van der Waals surface area contributed by atoms with Crippen LogP contribution in [0.2, 0.25) is 5.02 Å². The first kappa shape index (κ1) is 13.4. The minimum atomic E-state index is -0.435. The molecule has 1 N–H and O–H groups in total. The third kappa shape index (κ3) is 3.23. The van der Waals surface area contributed by atoms with Crippen LogP contribution in [0.1, 0.15) is 36.1 Å². The highest BCUT2D eigenvalue weighted by Crippen LogP contribution is 2.17. The second kappa shape index (κ2) is 5.71. The predicted molar refractivity (Wildman–Crippen MR) is 71.1 cm³/mol. The maximum atomic E-state index is 12.1. The van der Waals surface area contributed by atoms with Gasteiger partial charge in [0.25, 0.3) is 5.91 Å². The Bertz CT molecular complexity index is 588. The van der Waals surface area contributed by atoms with Crippen molar-refractivity contribution in [2.75, 3.05) is 5.32 Å². The van der Waals surface area contributed by atoms with E-state index in [4.69, 9.17) is 11.6 Å². The number of carbonyl (C=O) groups is 1. The number of hydrogen-bond donors (Lipinski definition) is 1. The van der Waals surface area contributed by atoms with Crippen LogP contribution in [0.4, 0.5) is 5.82 Å². The fraction of sp³-hybridized carbons (Fsp3) is 0.250. The zero-order chi connectivity index (χ0) is 13.8. The van der Waals surface area contributed by atoms with Gasteiger partial charge in [0.05, 0.1) is 17.4 Å². The summed E-state index contributed by atoms with van der Waals surface area (Å²) in [5.74, 6) is 0.581. The van der Waals surface area contributed by atoms with E-state index in [1.165, 1.54) is 24.8 Å². The van der Waals surface area contributed by atoms with Crippen molar-refractivity contribution in [1.29, 1.82) is 0 Å². The number of hydrogen-bond acceptors (Lipinski definition) is 5. The van der Waals surface area contributed by atoms with E-state index < -0.39 is 5.91 Å². The van der Waals surface area contributed by atoms with Crippen LogP contribution in [-0.4, -0.2) is 25.8 Å². The normalized spacial score (nSPS) is 10.5. The quantitative estimate of drug-likeness (QED) is 0.931. The number of anilines is 1. The van der Waals surface area contributed by atoms with Crippen molar-refractivity contribution < 1.29 is 4.79 Å². The minimum Gasteiger partial charge on any atom is -0.304 e. The molecule has 2 heterocycles. The zero-order valence-electron chi connectivity index (χ0n) is 10.5. The molecule has 0 unspecified atom stereocenters.